The van der Waals surface area contributed by atoms with Crippen molar-refractivity contribution in [3.63, 3.8) is 0 Å². The van der Waals surface area contributed by atoms with Crippen LogP contribution in [0.25, 0.3) is 0 Å². The number of nitrogens with zero attached hydrogens (tertiary/aromatic N) is 2. The summed E-state index contributed by atoms with van der Waals surface area (Å²) in [6.45, 7) is 4.51. The summed E-state index contributed by atoms with van der Waals surface area (Å²) in [5, 5.41) is 9.16. The Kier molecular flexibility index (Phi) is 5.36. The highest BCUT2D eigenvalue weighted by Crippen LogP contribution is 2.37. The first kappa shape index (κ1) is 17.2. The monoisotopic (exact) mass is 336 g/mol. The third-order valence-corrected chi connectivity index (χ3v) is 5.18. The van der Waals surface area contributed by atoms with Gasteiger partial charge in [0.1, 0.15) is 5.82 Å². The standard InChI is InChI=1S/C18H25FN2O3/c19-16-5-3-4-15(14-16)18(6-10-21(11-7-18)17(22)23)24-13-12-20-8-1-2-9-20/h3-5,14H,1-2,6-13H2,(H,22,23). The highest BCUT2D eigenvalue weighted by Gasteiger charge is 2.38. The van der Waals surface area contributed by atoms with Crippen LogP contribution in [0.3, 0.4) is 0 Å². The van der Waals surface area contributed by atoms with Gasteiger partial charge in [0.05, 0.1) is 12.2 Å². The molecule has 132 valence electrons. The fourth-order valence-electron chi connectivity index (χ4n) is 3.72. The predicted molar refractivity (Wildman–Crippen MR) is 88.5 cm³/mol. The molecule has 2 fully saturated rings. The van der Waals surface area contributed by atoms with E-state index in [9.17, 15) is 9.18 Å². The largest absolute Gasteiger partial charge is 0.465 e. The Labute approximate surface area is 142 Å². The Bertz CT molecular complexity index is 567. The van der Waals surface area contributed by atoms with Crippen LogP contribution in [-0.2, 0) is 10.3 Å². The van der Waals surface area contributed by atoms with Gasteiger partial charge in [-0.15, -0.1) is 0 Å². The second-order valence-electron chi connectivity index (χ2n) is 6.67. The minimum atomic E-state index is -0.903. The minimum absolute atomic E-state index is 0.282. The Hall–Kier alpha value is -1.66. The molecule has 0 spiro atoms. The first-order valence-electron chi connectivity index (χ1n) is 8.69. The lowest BCUT2D eigenvalue weighted by molar-refractivity contribution is -0.0902. The van der Waals surface area contributed by atoms with Crippen molar-refractivity contribution in [3.8, 4) is 0 Å². The van der Waals surface area contributed by atoms with Crippen molar-refractivity contribution >= 4 is 6.09 Å². The molecule has 24 heavy (non-hydrogen) atoms. The summed E-state index contributed by atoms with van der Waals surface area (Å²) in [5.41, 5.74) is 0.224. The summed E-state index contributed by atoms with van der Waals surface area (Å²) in [6, 6.07) is 6.52. The molecule has 0 aromatic heterocycles. The molecule has 1 aromatic rings. The average molecular weight is 336 g/mol. The van der Waals surface area contributed by atoms with E-state index in [4.69, 9.17) is 9.84 Å². The number of hydrogen-bond donors (Lipinski definition) is 1. The van der Waals surface area contributed by atoms with E-state index in [1.807, 2.05) is 6.07 Å². The van der Waals surface area contributed by atoms with E-state index >= 15 is 0 Å². The van der Waals surface area contributed by atoms with Gasteiger partial charge in [-0.25, -0.2) is 9.18 Å². The number of hydrogen-bond acceptors (Lipinski definition) is 3. The van der Waals surface area contributed by atoms with Crippen molar-refractivity contribution in [3.05, 3.63) is 35.6 Å². The van der Waals surface area contributed by atoms with E-state index in [1.54, 1.807) is 6.07 Å². The van der Waals surface area contributed by atoms with Crippen LogP contribution < -0.4 is 0 Å². The lowest BCUT2D eigenvalue weighted by Crippen LogP contribution is -2.46. The summed E-state index contributed by atoms with van der Waals surface area (Å²) in [4.78, 5) is 14.9. The molecule has 0 bridgehead atoms. The van der Waals surface area contributed by atoms with Gasteiger partial charge in [0.15, 0.2) is 0 Å². The summed E-state index contributed by atoms with van der Waals surface area (Å²) in [7, 11) is 0. The molecule has 2 heterocycles. The first-order chi connectivity index (χ1) is 11.6. The third-order valence-electron chi connectivity index (χ3n) is 5.18. The Morgan fingerprint density at radius 1 is 1.21 bits per heavy atom. The number of halogens is 1. The first-order valence-corrected chi connectivity index (χ1v) is 8.69. The Morgan fingerprint density at radius 2 is 1.92 bits per heavy atom. The number of amides is 1. The van der Waals surface area contributed by atoms with Gasteiger partial charge in [-0.3, -0.25) is 0 Å². The second-order valence-corrected chi connectivity index (χ2v) is 6.67. The van der Waals surface area contributed by atoms with Crippen LogP contribution in [-0.4, -0.2) is 60.3 Å². The molecule has 2 saturated heterocycles. The highest BCUT2D eigenvalue weighted by atomic mass is 19.1. The Balaban J connectivity index is 1.70. The average Bonchev–Trinajstić information content (AvgIpc) is 3.08. The van der Waals surface area contributed by atoms with E-state index < -0.39 is 11.7 Å². The van der Waals surface area contributed by atoms with E-state index in [2.05, 4.69) is 4.90 Å². The number of benzene rings is 1. The lowest BCUT2D eigenvalue weighted by Gasteiger charge is -2.41. The normalized spacial score (nSPS) is 21.1. The van der Waals surface area contributed by atoms with Crippen molar-refractivity contribution in [1.82, 2.24) is 9.80 Å². The van der Waals surface area contributed by atoms with Gasteiger partial charge in [-0.2, -0.15) is 0 Å². The van der Waals surface area contributed by atoms with E-state index in [1.165, 1.54) is 29.9 Å². The van der Waals surface area contributed by atoms with Crippen LogP contribution in [0.5, 0.6) is 0 Å². The molecule has 2 aliphatic heterocycles. The topological polar surface area (TPSA) is 53.0 Å². The number of carboxylic acid groups (broad SMARTS) is 1. The van der Waals surface area contributed by atoms with Crippen LogP contribution in [0.1, 0.15) is 31.2 Å². The maximum Gasteiger partial charge on any atom is 0.407 e. The summed E-state index contributed by atoms with van der Waals surface area (Å²) in [6.07, 6.45) is 2.69. The molecule has 5 nitrogen and oxygen atoms in total. The van der Waals surface area contributed by atoms with Crippen molar-refractivity contribution in [2.45, 2.75) is 31.3 Å². The molecule has 0 aliphatic carbocycles. The van der Waals surface area contributed by atoms with Crippen molar-refractivity contribution in [2.75, 3.05) is 39.3 Å². The van der Waals surface area contributed by atoms with Gasteiger partial charge in [-0.1, -0.05) is 12.1 Å². The minimum Gasteiger partial charge on any atom is -0.465 e. The number of rotatable bonds is 5. The van der Waals surface area contributed by atoms with Gasteiger partial charge >= 0.3 is 6.09 Å². The second kappa shape index (κ2) is 7.49. The highest BCUT2D eigenvalue weighted by molar-refractivity contribution is 5.65. The smallest absolute Gasteiger partial charge is 0.407 e. The molecule has 0 unspecified atom stereocenters. The molecular formula is C18H25FN2O3. The van der Waals surface area contributed by atoms with Gasteiger partial charge in [0.25, 0.3) is 0 Å². The van der Waals surface area contributed by atoms with Crippen molar-refractivity contribution in [1.29, 1.82) is 0 Å². The van der Waals surface area contributed by atoms with Gasteiger partial charge in [0.2, 0.25) is 0 Å². The third kappa shape index (κ3) is 3.87. The molecule has 1 aromatic carbocycles. The molecule has 0 atom stereocenters. The van der Waals surface area contributed by atoms with Crippen LogP contribution >= 0.6 is 0 Å². The molecule has 2 aliphatic rings. The van der Waals surface area contributed by atoms with Crippen LogP contribution in [0.4, 0.5) is 9.18 Å². The van der Waals surface area contributed by atoms with E-state index in [0.717, 1.165) is 25.2 Å². The summed E-state index contributed by atoms with van der Waals surface area (Å²) in [5.74, 6) is -0.282. The van der Waals surface area contributed by atoms with E-state index in [0.29, 0.717) is 32.5 Å². The zero-order valence-corrected chi connectivity index (χ0v) is 13.9. The number of piperidine rings is 1. The zero-order chi connectivity index (χ0) is 17.0. The summed E-state index contributed by atoms with van der Waals surface area (Å²) >= 11 is 0. The number of carbonyl (C=O) groups is 1. The van der Waals surface area contributed by atoms with Gasteiger partial charge in [-0.05, 0) is 56.5 Å². The van der Waals surface area contributed by atoms with Crippen LogP contribution in [0, 0.1) is 5.82 Å². The van der Waals surface area contributed by atoms with Gasteiger partial charge in [0, 0.05) is 19.6 Å². The summed E-state index contributed by atoms with van der Waals surface area (Å²) < 4.78 is 20.0. The van der Waals surface area contributed by atoms with Crippen molar-refractivity contribution < 1.29 is 19.0 Å². The molecular weight excluding hydrogens is 311 g/mol. The maximum absolute atomic E-state index is 13.7. The molecule has 0 saturated carbocycles. The number of ether oxygens (including phenoxy) is 1. The number of likely N-dealkylation sites (tertiary alicyclic amines) is 2. The zero-order valence-electron chi connectivity index (χ0n) is 13.9. The molecule has 1 amide bonds. The molecule has 6 heteroatoms. The quantitative estimate of drug-likeness (QED) is 0.898. The van der Waals surface area contributed by atoms with E-state index in [-0.39, 0.29) is 5.82 Å². The SMILES string of the molecule is O=C(O)N1CCC(OCCN2CCCC2)(c2cccc(F)c2)CC1. The fraction of sp³-hybridized carbons (Fsp3) is 0.611. The molecule has 1 N–H and O–H groups in total. The van der Waals surface area contributed by atoms with Gasteiger partial charge < -0.3 is 19.6 Å². The molecule has 3 rings (SSSR count). The lowest BCUT2D eigenvalue weighted by atomic mass is 9.84. The predicted octanol–water partition coefficient (Wildman–Crippen LogP) is 2.91. The van der Waals surface area contributed by atoms with Crippen LogP contribution in [0.15, 0.2) is 24.3 Å². The Morgan fingerprint density at radius 3 is 2.54 bits per heavy atom. The van der Waals surface area contributed by atoms with Crippen molar-refractivity contribution in [2.24, 2.45) is 0 Å². The fourth-order valence-corrected chi connectivity index (χ4v) is 3.72. The maximum atomic E-state index is 13.7. The van der Waals surface area contributed by atoms with Crippen LogP contribution in [0.2, 0.25) is 0 Å². The molecule has 0 radical (unpaired) electrons.